The summed E-state index contributed by atoms with van der Waals surface area (Å²) >= 11 is 0. The van der Waals surface area contributed by atoms with Gasteiger partial charge in [-0.3, -0.25) is 0 Å². The molecule has 0 saturated carbocycles. The van der Waals surface area contributed by atoms with Crippen LogP contribution in [0.1, 0.15) is 25.2 Å². The first-order chi connectivity index (χ1) is 12.5. The number of methoxy groups -OCH3 is 1. The van der Waals surface area contributed by atoms with Gasteiger partial charge in [0.05, 0.1) is 18.8 Å². The highest BCUT2D eigenvalue weighted by Gasteiger charge is 2.56. The molecule has 4 rings (SSSR count). The number of hydrogen-bond donors (Lipinski definition) is 0. The lowest BCUT2D eigenvalue weighted by molar-refractivity contribution is -0.350. The molecule has 1 aromatic rings. The molecule has 0 aliphatic carbocycles. The zero-order valence-electron chi connectivity index (χ0n) is 16.1. The Hall–Kier alpha value is -0.763. The Balaban J connectivity index is 1.62. The average Bonchev–Trinajstić information content (AvgIpc) is 2.66. The third-order valence-corrected chi connectivity index (χ3v) is 8.33. The normalized spacial score (nSPS) is 41.9. The lowest BCUT2D eigenvalue weighted by atomic mass is 9.78. The SMILES string of the molecule is CC[C@@H]1O[Si](C)(C)C[C@H]2[C@@H]3O[C@H](c4ccccc4)OC[C@H]3O[C@H](OC)[C@@H]21. The van der Waals surface area contributed by atoms with Crippen LogP contribution in [0, 0.1) is 11.8 Å². The number of fused-ring (bicyclic) bond motifs is 3. The quantitative estimate of drug-likeness (QED) is 0.750. The molecular formula is C20H30O5Si. The highest BCUT2D eigenvalue weighted by Crippen LogP contribution is 2.48. The number of benzene rings is 1. The maximum absolute atomic E-state index is 6.51. The van der Waals surface area contributed by atoms with E-state index in [1.165, 1.54) is 0 Å². The van der Waals surface area contributed by atoms with E-state index in [0.717, 1.165) is 18.0 Å². The molecular weight excluding hydrogens is 348 g/mol. The Morgan fingerprint density at radius 1 is 1.15 bits per heavy atom. The van der Waals surface area contributed by atoms with Crippen molar-refractivity contribution in [2.24, 2.45) is 11.8 Å². The number of hydrogen-bond acceptors (Lipinski definition) is 5. The van der Waals surface area contributed by atoms with E-state index in [1.54, 1.807) is 7.11 Å². The van der Waals surface area contributed by atoms with Crippen LogP contribution >= 0.6 is 0 Å². The average molecular weight is 379 g/mol. The van der Waals surface area contributed by atoms with E-state index in [4.69, 9.17) is 23.4 Å². The van der Waals surface area contributed by atoms with E-state index in [2.05, 4.69) is 32.2 Å². The summed E-state index contributed by atoms with van der Waals surface area (Å²) in [5.74, 6) is 0.593. The molecule has 0 bridgehead atoms. The van der Waals surface area contributed by atoms with E-state index in [-0.39, 0.29) is 36.8 Å². The van der Waals surface area contributed by atoms with Gasteiger partial charge >= 0.3 is 0 Å². The predicted octanol–water partition coefficient (Wildman–Crippen LogP) is 3.72. The molecule has 6 heteroatoms. The van der Waals surface area contributed by atoms with Gasteiger partial charge in [-0.05, 0) is 31.5 Å². The van der Waals surface area contributed by atoms with Gasteiger partial charge in [-0.25, -0.2) is 0 Å². The zero-order chi connectivity index (χ0) is 18.3. The maximum Gasteiger partial charge on any atom is 0.187 e. The van der Waals surface area contributed by atoms with Crippen molar-refractivity contribution in [2.75, 3.05) is 13.7 Å². The summed E-state index contributed by atoms with van der Waals surface area (Å²) in [6.45, 7) is 7.35. The Morgan fingerprint density at radius 2 is 1.92 bits per heavy atom. The van der Waals surface area contributed by atoms with Gasteiger partial charge in [0.2, 0.25) is 0 Å². The lowest BCUT2D eigenvalue weighted by Gasteiger charge is -2.56. The van der Waals surface area contributed by atoms with E-state index in [0.29, 0.717) is 12.5 Å². The van der Waals surface area contributed by atoms with Crippen molar-refractivity contribution in [3.05, 3.63) is 35.9 Å². The smallest absolute Gasteiger partial charge is 0.187 e. The third-order valence-electron chi connectivity index (χ3n) is 5.93. The summed E-state index contributed by atoms with van der Waals surface area (Å²) < 4.78 is 31.0. The van der Waals surface area contributed by atoms with Gasteiger partial charge in [-0.15, -0.1) is 0 Å². The van der Waals surface area contributed by atoms with Crippen molar-refractivity contribution < 1.29 is 23.4 Å². The summed E-state index contributed by atoms with van der Waals surface area (Å²) in [6.07, 6.45) is 0.501. The van der Waals surface area contributed by atoms with Crippen LogP contribution in [0.4, 0.5) is 0 Å². The van der Waals surface area contributed by atoms with Crippen molar-refractivity contribution in [1.82, 2.24) is 0 Å². The second kappa shape index (κ2) is 7.34. The fourth-order valence-electron chi connectivity index (χ4n) is 4.88. The van der Waals surface area contributed by atoms with Gasteiger partial charge in [-0.1, -0.05) is 37.3 Å². The highest BCUT2D eigenvalue weighted by atomic mass is 28.4. The molecule has 0 spiro atoms. The van der Waals surface area contributed by atoms with E-state index in [1.807, 2.05) is 18.2 Å². The van der Waals surface area contributed by atoms with Crippen LogP contribution in [-0.4, -0.2) is 46.6 Å². The minimum Gasteiger partial charge on any atom is -0.414 e. The Kier molecular flexibility index (Phi) is 5.25. The molecule has 3 aliphatic rings. The molecule has 5 nitrogen and oxygen atoms in total. The van der Waals surface area contributed by atoms with Crippen molar-refractivity contribution in [3.8, 4) is 0 Å². The molecule has 26 heavy (non-hydrogen) atoms. The fourth-order valence-corrected chi connectivity index (χ4v) is 7.76. The molecule has 0 radical (unpaired) electrons. The van der Waals surface area contributed by atoms with Crippen molar-refractivity contribution in [1.29, 1.82) is 0 Å². The number of ether oxygens (including phenoxy) is 4. The minimum atomic E-state index is -1.73. The molecule has 0 aromatic heterocycles. The molecule has 1 aromatic carbocycles. The molecule has 0 unspecified atom stereocenters. The first kappa shape index (κ1) is 18.6. The number of rotatable bonds is 3. The van der Waals surface area contributed by atoms with Gasteiger partial charge in [0.15, 0.2) is 20.9 Å². The topological polar surface area (TPSA) is 46.2 Å². The van der Waals surface area contributed by atoms with Gasteiger partial charge in [0.25, 0.3) is 0 Å². The van der Waals surface area contributed by atoms with Gasteiger partial charge in [0, 0.05) is 18.6 Å². The zero-order valence-corrected chi connectivity index (χ0v) is 17.1. The summed E-state index contributed by atoms with van der Waals surface area (Å²) in [6, 6.07) is 11.2. The summed E-state index contributed by atoms with van der Waals surface area (Å²) in [7, 11) is -0.00921. The molecule has 7 atom stereocenters. The summed E-state index contributed by atoms with van der Waals surface area (Å²) in [5, 5.41) is 0. The van der Waals surface area contributed by atoms with Crippen LogP contribution in [0.3, 0.4) is 0 Å². The summed E-state index contributed by atoms with van der Waals surface area (Å²) in [4.78, 5) is 0. The van der Waals surface area contributed by atoms with Crippen molar-refractivity contribution in [3.63, 3.8) is 0 Å². The largest absolute Gasteiger partial charge is 0.414 e. The molecule has 3 saturated heterocycles. The molecule has 0 N–H and O–H groups in total. The molecule has 3 aliphatic heterocycles. The van der Waals surface area contributed by atoms with Crippen LogP contribution in [0.5, 0.6) is 0 Å². The Labute approximate surface area is 157 Å². The van der Waals surface area contributed by atoms with Crippen molar-refractivity contribution in [2.45, 2.75) is 63.4 Å². The Bertz CT molecular complexity index is 609. The van der Waals surface area contributed by atoms with Crippen LogP contribution in [-0.2, 0) is 23.4 Å². The third kappa shape index (κ3) is 3.39. The van der Waals surface area contributed by atoms with Crippen LogP contribution in [0.25, 0.3) is 0 Å². The maximum atomic E-state index is 6.51. The van der Waals surface area contributed by atoms with E-state index >= 15 is 0 Å². The highest BCUT2D eigenvalue weighted by molar-refractivity contribution is 6.71. The van der Waals surface area contributed by atoms with Gasteiger partial charge < -0.3 is 23.4 Å². The van der Waals surface area contributed by atoms with Crippen molar-refractivity contribution >= 4 is 8.32 Å². The fraction of sp³-hybridized carbons (Fsp3) is 0.700. The second-order valence-corrected chi connectivity index (χ2v) is 12.4. The molecule has 144 valence electrons. The second-order valence-electron chi connectivity index (χ2n) is 8.22. The van der Waals surface area contributed by atoms with Crippen LogP contribution in [0.2, 0.25) is 19.1 Å². The standard InChI is InChI=1S/C20H30O5Si/c1-5-15-17-14(12-26(3,4)25-15)18-16(23-20(17)21-2)11-22-19(24-18)13-9-7-6-8-10-13/h6-10,14-20H,5,11-12H2,1-4H3/t14-,15+,16-,17+,18+,19-,20+/m1/s1. The van der Waals surface area contributed by atoms with E-state index in [9.17, 15) is 0 Å². The summed E-state index contributed by atoms with van der Waals surface area (Å²) in [5.41, 5.74) is 1.06. The molecule has 3 fully saturated rings. The Morgan fingerprint density at radius 3 is 2.62 bits per heavy atom. The van der Waals surface area contributed by atoms with Crippen LogP contribution < -0.4 is 0 Å². The predicted molar refractivity (Wildman–Crippen MR) is 100 cm³/mol. The van der Waals surface area contributed by atoms with Gasteiger partial charge in [0.1, 0.15) is 6.10 Å². The van der Waals surface area contributed by atoms with E-state index < -0.39 is 8.32 Å². The molecule has 3 heterocycles. The first-order valence-corrected chi connectivity index (χ1v) is 12.8. The van der Waals surface area contributed by atoms with Gasteiger partial charge in [-0.2, -0.15) is 0 Å². The first-order valence-electron chi connectivity index (χ1n) is 9.70. The molecule has 0 amide bonds. The monoisotopic (exact) mass is 378 g/mol. The lowest BCUT2D eigenvalue weighted by Crippen LogP contribution is -2.64. The minimum absolute atomic E-state index is 0.0232. The van der Waals surface area contributed by atoms with Crippen LogP contribution in [0.15, 0.2) is 30.3 Å².